The van der Waals surface area contributed by atoms with Crippen LogP contribution in [0.1, 0.15) is 26.7 Å². The fourth-order valence-electron chi connectivity index (χ4n) is 0.685. The normalized spacial score (nSPS) is 15.1. The van der Waals surface area contributed by atoms with Gasteiger partial charge >= 0.3 is 32.7 Å². The van der Waals surface area contributed by atoms with Crippen molar-refractivity contribution in [2.45, 2.75) is 32.7 Å². The first kappa shape index (κ1) is 13.3. The predicted molar refractivity (Wildman–Crippen MR) is 37.7 cm³/mol. The van der Waals surface area contributed by atoms with Crippen molar-refractivity contribution >= 4 is 6.29 Å². The predicted octanol–water partition coefficient (Wildman–Crippen LogP) is 0.857. The molecule has 2 N–H and O–H groups in total. The molecule has 0 amide bonds. The van der Waals surface area contributed by atoms with E-state index in [1.54, 1.807) is 0 Å². The van der Waals surface area contributed by atoms with Crippen molar-refractivity contribution in [3.8, 4) is 0 Å². The van der Waals surface area contributed by atoms with Crippen LogP contribution >= 0.6 is 0 Å². The molecule has 2 unspecified atom stereocenters. The van der Waals surface area contributed by atoms with Gasteiger partial charge in [0.25, 0.3) is 0 Å². The molecule has 0 aliphatic heterocycles. The van der Waals surface area contributed by atoms with E-state index in [9.17, 15) is 4.79 Å². The average molecular weight is 217 g/mol. The maximum atomic E-state index is 9.86. The van der Waals surface area contributed by atoms with Crippen molar-refractivity contribution in [3.63, 3.8) is 0 Å². The van der Waals surface area contributed by atoms with Crippen molar-refractivity contribution < 1.29 is 37.5 Å². The Bertz CT molecular complexity index is 87.7. The van der Waals surface area contributed by atoms with Crippen LogP contribution in [0.25, 0.3) is 0 Å². The third-order valence-corrected chi connectivity index (χ3v) is 1.61. The van der Waals surface area contributed by atoms with Crippen LogP contribution in [0.2, 0.25) is 0 Å². The van der Waals surface area contributed by atoms with Gasteiger partial charge < -0.3 is 10.5 Å². The largest absolute Gasteiger partial charge is 3.00 e. The maximum absolute atomic E-state index is 9.86. The third-order valence-electron chi connectivity index (χ3n) is 1.61. The number of rotatable bonds is 4. The molecule has 0 heterocycles. The van der Waals surface area contributed by atoms with Crippen LogP contribution in [0.3, 0.4) is 0 Å². The molecule has 0 aromatic rings. The molecule has 0 radical (unpaired) electrons. The summed E-state index contributed by atoms with van der Waals surface area (Å²) >= 11 is 0. The van der Waals surface area contributed by atoms with Crippen LogP contribution in [0.4, 0.5) is 0 Å². The Morgan fingerprint density at radius 1 is 1.60 bits per heavy atom. The van der Waals surface area contributed by atoms with Crippen molar-refractivity contribution in [3.05, 3.63) is 0 Å². The molecular weight excluding hydrogens is 203 g/mol. The second-order valence-corrected chi connectivity index (χ2v) is 2.40. The molecule has 2 atom stereocenters. The molecule has 0 aliphatic carbocycles. The van der Waals surface area contributed by atoms with Crippen molar-refractivity contribution in [2.75, 3.05) is 0 Å². The second-order valence-electron chi connectivity index (χ2n) is 2.40. The SMILES string of the molecule is CCC(N)C(C)C[C-]=O.[Y+3]. The Balaban J connectivity index is 0. The molecular formula is C7H14NOY+2. The first-order chi connectivity index (χ1) is 4.22. The average Bonchev–Trinajstić information content (AvgIpc) is 1.87. The summed E-state index contributed by atoms with van der Waals surface area (Å²) in [5.74, 6) is 0.285. The second kappa shape index (κ2) is 7.84. The Morgan fingerprint density at radius 2 is 2.10 bits per heavy atom. The van der Waals surface area contributed by atoms with Crippen LogP contribution in [-0.4, -0.2) is 12.3 Å². The Morgan fingerprint density at radius 3 is 2.40 bits per heavy atom. The van der Waals surface area contributed by atoms with E-state index in [1.165, 1.54) is 0 Å². The fraction of sp³-hybridized carbons (Fsp3) is 0.857. The summed E-state index contributed by atoms with van der Waals surface area (Å²) in [6, 6.07) is 0.159. The van der Waals surface area contributed by atoms with Gasteiger partial charge in [0.1, 0.15) is 0 Å². The quantitative estimate of drug-likeness (QED) is 0.709. The molecule has 0 saturated heterocycles. The van der Waals surface area contributed by atoms with E-state index in [2.05, 4.69) is 0 Å². The van der Waals surface area contributed by atoms with E-state index in [4.69, 9.17) is 5.73 Å². The number of carbonyl (C=O) groups excluding carboxylic acids is 1. The molecule has 0 aromatic heterocycles. The monoisotopic (exact) mass is 217 g/mol. The van der Waals surface area contributed by atoms with Gasteiger partial charge in [-0.15, -0.1) is 6.42 Å². The molecule has 0 saturated carbocycles. The van der Waals surface area contributed by atoms with E-state index in [1.807, 2.05) is 20.1 Å². The first-order valence-electron chi connectivity index (χ1n) is 3.33. The minimum atomic E-state index is 0. The smallest absolute Gasteiger partial charge is 0.542 e. The maximum Gasteiger partial charge on any atom is 3.00 e. The van der Waals surface area contributed by atoms with Crippen molar-refractivity contribution in [1.82, 2.24) is 0 Å². The molecule has 54 valence electrons. The minimum absolute atomic E-state index is 0. The molecule has 10 heavy (non-hydrogen) atoms. The van der Waals surface area contributed by atoms with Gasteiger partial charge in [-0.2, -0.15) is 0 Å². The van der Waals surface area contributed by atoms with E-state index in [0.717, 1.165) is 6.42 Å². The first-order valence-corrected chi connectivity index (χ1v) is 3.33. The molecule has 2 nitrogen and oxygen atoms in total. The van der Waals surface area contributed by atoms with Gasteiger partial charge in [-0.1, -0.05) is 19.8 Å². The van der Waals surface area contributed by atoms with Crippen LogP contribution in [0.5, 0.6) is 0 Å². The molecule has 0 bridgehead atoms. The zero-order chi connectivity index (χ0) is 7.28. The zero-order valence-electron chi connectivity index (χ0n) is 6.63. The van der Waals surface area contributed by atoms with Gasteiger partial charge in [-0.05, 0) is 6.42 Å². The van der Waals surface area contributed by atoms with E-state index < -0.39 is 0 Å². The molecule has 0 aliphatic rings. The fourth-order valence-corrected chi connectivity index (χ4v) is 0.685. The van der Waals surface area contributed by atoms with E-state index in [-0.39, 0.29) is 44.7 Å². The molecule has 0 spiro atoms. The van der Waals surface area contributed by atoms with Gasteiger partial charge in [0.15, 0.2) is 0 Å². The molecule has 3 heteroatoms. The summed E-state index contributed by atoms with van der Waals surface area (Å²) in [5.41, 5.74) is 5.62. The Kier molecular flexibility index (Phi) is 10.4. The summed E-state index contributed by atoms with van der Waals surface area (Å²) in [6.45, 7) is 3.99. The van der Waals surface area contributed by atoms with Gasteiger partial charge in [-0.25, -0.2) is 0 Å². The number of hydrogen-bond donors (Lipinski definition) is 1. The van der Waals surface area contributed by atoms with Crippen molar-refractivity contribution in [2.24, 2.45) is 11.7 Å². The summed E-state index contributed by atoms with van der Waals surface area (Å²) in [5, 5.41) is 0. The van der Waals surface area contributed by atoms with Gasteiger partial charge in [0.05, 0.1) is 0 Å². The van der Waals surface area contributed by atoms with E-state index in [0.29, 0.717) is 6.42 Å². The van der Waals surface area contributed by atoms with Gasteiger partial charge in [-0.3, -0.25) is 6.29 Å². The molecule has 0 rings (SSSR count). The Hall–Kier alpha value is 0.734. The molecule has 0 aromatic carbocycles. The van der Waals surface area contributed by atoms with E-state index >= 15 is 0 Å². The van der Waals surface area contributed by atoms with Crippen LogP contribution in [0.15, 0.2) is 0 Å². The van der Waals surface area contributed by atoms with Gasteiger partial charge in [0.2, 0.25) is 0 Å². The summed E-state index contributed by atoms with van der Waals surface area (Å²) in [6.07, 6.45) is 3.25. The van der Waals surface area contributed by atoms with Crippen LogP contribution in [-0.2, 0) is 37.5 Å². The summed E-state index contributed by atoms with van der Waals surface area (Å²) < 4.78 is 0. The number of nitrogens with two attached hydrogens (primary N) is 1. The van der Waals surface area contributed by atoms with Crippen LogP contribution in [0, 0.1) is 5.92 Å². The number of hydrogen-bond acceptors (Lipinski definition) is 2. The third kappa shape index (κ3) is 5.51. The zero-order valence-corrected chi connectivity index (χ0v) is 9.47. The summed E-state index contributed by atoms with van der Waals surface area (Å²) in [4.78, 5) is 9.86. The van der Waals surface area contributed by atoms with Crippen LogP contribution < -0.4 is 5.73 Å². The topological polar surface area (TPSA) is 43.1 Å². The summed E-state index contributed by atoms with van der Waals surface area (Å²) in [7, 11) is 0. The molecule has 0 fully saturated rings. The van der Waals surface area contributed by atoms with Crippen molar-refractivity contribution in [1.29, 1.82) is 0 Å². The van der Waals surface area contributed by atoms with Gasteiger partial charge in [0, 0.05) is 6.04 Å². The minimum Gasteiger partial charge on any atom is -0.542 e. The Labute approximate surface area is 87.8 Å². The standard InChI is InChI=1S/C7H14NO.Y/c1-3-7(8)6(2)4-5-9;/h6-7H,3-4,8H2,1-2H3;/q-1;+3.